The quantitative estimate of drug-likeness (QED) is 0.905. The van der Waals surface area contributed by atoms with E-state index < -0.39 is 0 Å². The van der Waals surface area contributed by atoms with Crippen molar-refractivity contribution in [2.24, 2.45) is 5.41 Å². The highest BCUT2D eigenvalue weighted by atomic mass is 79.9. The van der Waals surface area contributed by atoms with Crippen molar-refractivity contribution in [1.29, 1.82) is 0 Å². The normalized spacial score (nSPS) is 11.9. The second kappa shape index (κ2) is 5.83. The predicted molar refractivity (Wildman–Crippen MR) is 77.5 cm³/mol. The number of nitrogens with one attached hydrogen (secondary N) is 1. The summed E-state index contributed by atoms with van der Waals surface area (Å²) >= 11 is 3.46. The van der Waals surface area contributed by atoms with Crippen molar-refractivity contribution in [3.8, 4) is 0 Å². The van der Waals surface area contributed by atoms with Crippen LogP contribution in [0.3, 0.4) is 0 Å². The minimum Gasteiger partial charge on any atom is -0.369 e. The SMILES string of the molecule is Cc1nc(NCC(C)(C)CN(C)C)ccc1Br. The molecular weight excluding hydrogens is 278 g/mol. The van der Waals surface area contributed by atoms with Gasteiger partial charge in [0.2, 0.25) is 0 Å². The van der Waals surface area contributed by atoms with Gasteiger partial charge in [-0.1, -0.05) is 13.8 Å². The number of nitrogens with zero attached hydrogens (tertiary/aromatic N) is 2. The molecule has 1 aromatic heterocycles. The number of pyridine rings is 1. The van der Waals surface area contributed by atoms with Gasteiger partial charge in [-0.25, -0.2) is 4.98 Å². The molecule has 0 aliphatic rings. The summed E-state index contributed by atoms with van der Waals surface area (Å²) < 4.78 is 1.05. The Labute approximate surface area is 113 Å². The van der Waals surface area contributed by atoms with Crippen LogP contribution in [0.25, 0.3) is 0 Å². The Bertz CT molecular complexity index is 375. The fourth-order valence-electron chi connectivity index (χ4n) is 1.88. The van der Waals surface area contributed by atoms with Gasteiger partial charge < -0.3 is 10.2 Å². The molecule has 0 unspecified atom stereocenters. The van der Waals surface area contributed by atoms with E-state index in [-0.39, 0.29) is 5.41 Å². The van der Waals surface area contributed by atoms with Gasteiger partial charge in [0.1, 0.15) is 5.82 Å². The van der Waals surface area contributed by atoms with Gasteiger partial charge >= 0.3 is 0 Å². The number of aryl methyl sites for hydroxylation is 1. The third kappa shape index (κ3) is 5.04. The van der Waals surface area contributed by atoms with Crippen LogP contribution < -0.4 is 5.32 Å². The minimum absolute atomic E-state index is 0.228. The molecule has 96 valence electrons. The monoisotopic (exact) mass is 299 g/mol. The van der Waals surface area contributed by atoms with Crippen LogP contribution >= 0.6 is 15.9 Å². The lowest BCUT2D eigenvalue weighted by Gasteiger charge is -2.28. The molecule has 0 atom stereocenters. The summed E-state index contributed by atoms with van der Waals surface area (Å²) in [6.07, 6.45) is 0. The average Bonchev–Trinajstić information content (AvgIpc) is 2.18. The molecule has 0 aliphatic heterocycles. The van der Waals surface area contributed by atoms with Crippen LogP contribution in [-0.2, 0) is 0 Å². The molecular formula is C13H22BrN3. The molecule has 1 heterocycles. The van der Waals surface area contributed by atoms with E-state index in [1.54, 1.807) is 0 Å². The molecule has 0 spiro atoms. The average molecular weight is 300 g/mol. The van der Waals surface area contributed by atoms with Crippen molar-refractivity contribution in [2.75, 3.05) is 32.5 Å². The van der Waals surface area contributed by atoms with Crippen LogP contribution in [0, 0.1) is 12.3 Å². The molecule has 0 aliphatic carbocycles. The molecule has 0 amide bonds. The summed E-state index contributed by atoms with van der Waals surface area (Å²) in [6.45, 7) is 8.48. The topological polar surface area (TPSA) is 28.2 Å². The van der Waals surface area contributed by atoms with E-state index in [0.29, 0.717) is 0 Å². The number of halogens is 1. The number of hydrogen-bond donors (Lipinski definition) is 1. The summed E-state index contributed by atoms with van der Waals surface area (Å²) in [5.41, 5.74) is 1.24. The van der Waals surface area contributed by atoms with Gasteiger partial charge in [0.15, 0.2) is 0 Å². The molecule has 0 saturated heterocycles. The molecule has 0 saturated carbocycles. The molecule has 0 fully saturated rings. The Morgan fingerprint density at radius 1 is 1.35 bits per heavy atom. The second-order valence-corrected chi connectivity index (χ2v) is 6.37. The lowest BCUT2D eigenvalue weighted by molar-refractivity contribution is 0.254. The van der Waals surface area contributed by atoms with Crippen molar-refractivity contribution in [2.45, 2.75) is 20.8 Å². The lowest BCUT2D eigenvalue weighted by atomic mass is 9.93. The van der Waals surface area contributed by atoms with Crippen molar-refractivity contribution >= 4 is 21.7 Å². The summed E-state index contributed by atoms with van der Waals surface area (Å²) in [7, 11) is 4.20. The van der Waals surface area contributed by atoms with Gasteiger partial charge in [-0.3, -0.25) is 0 Å². The summed E-state index contributed by atoms with van der Waals surface area (Å²) in [5.74, 6) is 0.942. The zero-order valence-electron chi connectivity index (χ0n) is 11.3. The Balaban J connectivity index is 2.58. The highest BCUT2D eigenvalue weighted by Gasteiger charge is 2.18. The van der Waals surface area contributed by atoms with E-state index in [1.165, 1.54) is 0 Å². The fourth-order valence-corrected chi connectivity index (χ4v) is 2.11. The van der Waals surface area contributed by atoms with Crippen molar-refractivity contribution < 1.29 is 0 Å². The summed E-state index contributed by atoms with van der Waals surface area (Å²) in [4.78, 5) is 6.69. The Hall–Kier alpha value is -0.610. The lowest BCUT2D eigenvalue weighted by Crippen LogP contribution is -2.34. The van der Waals surface area contributed by atoms with E-state index in [9.17, 15) is 0 Å². The Morgan fingerprint density at radius 2 is 2.00 bits per heavy atom. The van der Waals surface area contributed by atoms with Crippen LogP contribution in [0.1, 0.15) is 19.5 Å². The van der Waals surface area contributed by atoms with E-state index in [2.05, 4.69) is 59.1 Å². The largest absolute Gasteiger partial charge is 0.369 e. The van der Waals surface area contributed by atoms with Crippen LogP contribution in [0.15, 0.2) is 16.6 Å². The molecule has 17 heavy (non-hydrogen) atoms. The van der Waals surface area contributed by atoms with E-state index in [0.717, 1.165) is 29.1 Å². The number of anilines is 1. The molecule has 1 aromatic rings. The first-order valence-corrected chi connectivity index (χ1v) is 6.61. The van der Waals surface area contributed by atoms with Gasteiger partial charge in [0.25, 0.3) is 0 Å². The molecule has 0 bridgehead atoms. The highest BCUT2D eigenvalue weighted by molar-refractivity contribution is 9.10. The summed E-state index contributed by atoms with van der Waals surface area (Å²) in [5, 5.41) is 3.40. The third-order valence-corrected chi connectivity index (χ3v) is 3.35. The van der Waals surface area contributed by atoms with Crippen LogP contribution in [0.2, 0.25) is 0 Å². The van der Waals surface area contributed by atoms with E-state index in [4.69, 9.17) is 0 Å². The van der Waals surface area contributed by atoms with Crippen molar-refractivity contribution in [1.82, 2.24) is 9.88 Å². The van der Waals surface area contributed by atoms with Gasteiger partial charge in [0.05, 0.1) is 5.69 Å². The first-order chi connectivity index (χ1) is 7.80. The van der Waals surface area contributed by atoms with Gasteiger partial charge in [0, 0.05) is 17.6 Å². The predicted octanol–water partition coefficient (Wildman–Crippen LogP) is 3.15. The van der Waals surface area contributed by atoms with Gasteiger partial charge in [-0.2, -0.15) is 0 Å². The zero-order chi connectivity index (χ0) is 13.1. The molecule has 3 nitrogen and oxygen atoms in total. The number of hydrogen-bond acceptors (Lipinski definition) is 3. The maximum absolute atomic E-state index is 4.48. The highest BCUT2D eigenvalue weighted by Crippen LogP contribution is 2.19. The maximum atomic E-state index is 4.48. The number of aromatic nitrogens is 1. The first-order valence-electron chi connectivity index (χ1n) is 5.82. The van der Waals surface area contributed by atoms with E-state index >= 15 is 0 Å². The van der Waals surface area contributed by atoms with Crippen LogP contribution in [0.5, 0.6) is 0 Å². The smallest absolute Gasteiger partial charge is 0.126 e. The molecule has 0 aromatic carbocycles. The van der Waals surface area contributed by atoms with E-state index in [1.807, 2.05) is 19.1 Å². The molecule has 0 radical (unpaired) electrons. The Kier molecular flexibility index (Phi) is 4.95. The molecule has 4 heteroatoms. The van der Waals surface area contributed by atoms with Crippen LogP contribution in [0.4, 0.5) is 5.82 Å². The third-order valence-electron chi connectivity index (χ3n) is 2.51. The maximum Gasteiger partial charge on any atom is 0.126 e. The molecule has 1 N–H and O–H groups in total. The van der Waals surface area contributed by atoms with Gasteiger partial charge in [-0.15, -0.1) is 0 Å². The number of rotatable bonds is 5. The standard InChI is InChI=1S/C13H22BrN3/c1-10-11(14)6-7-12(16-10)15-8-13(2,3)9-17(4)5/h6-7H,8-9H2,1-5H3,(H,15,16). The van der Waals surface area contributed by atoms with Crippen LogP contribution in [-0.4, -0.2) is 37.1 Å². The zero-order valence-corrected chi connectivity index (χ0v) is 12.9. The van der Waals surface area contributed by atoms with Crippen molar-refractivity contribution in [3.05, 3.63) is 22.3 Å². The summed E-state index contributed by atoms with van der Waals surface area (Å²) in [6, 6.07) is 4.03. The van der Waals surface area contributed by atoms with Crippen molar-refractivity contribution in [3.63, 3.8) is 0 Å². The first kappa shape index (κ1) is 14.5. The minimum atomic E-state index is 0.228. The van der Waals surface area contributed by atoms with Gasteiger partial charge in [-0.05, 0) is 54.5 Å². The molecule has 1 rings (SSSR count). The second-order valence-electron chi connectivity index (χ2n) is 5.52. The fraction of sp³-hybridized carbons (Fsp3) is 0.615. The Morgan fingerprint density at radius 3 is 2.53 bits per heavy atom.